The van der Waals surface area contributed by atoms with Crippen molar-refractivity contribution < 1.29 is 23.8 Å². The summed E-state index contributed by atoms with van der Waals surface area (Å²) >= 11 is 0. The van der Waals surface area contributed by atoms with E-state index in [2.05, 4.69) is 0 Å². The maximum Gasteiger partial charge on any atom is 0.338 e. The minimum absolute atomic E-state index is 0.221. The van der Waals surface area contributed by atoms with Gasteiger partial charge in [0, 0.05) is 23.5 Å². The SMILES string of the molecule is CCn1c(C)cc(C(=O)COC(=O)c2ccc(OC)c(OC)c2)c1C. The Hall–Kier alpha value is -2.76. The Morgan fingerprint density at radius 1 is 1.04 bits per heavy atom. The predicted octanol–water partition coefficient (Wildman–Crippen LogP) is 3.18. The Morgan fingerprint density at radius 3 is 2.28 bits per heavy atom. The summed E-state index contributed by atoms with van der Waals surface area (Å²) in [4.78, 5) is 24.6. The number of Topliss-reactive ketones (excluding diaryl/α,β-unsaturated/α-hetero) is 1. The maximum absolute atomic E-state index is 12.4. The quantitative estimate of drug-likeness (QED) is 0.569. The molecule has 0 aliphatic rings. The summed E-state index contributed by atoms with van der Waals surface area (Å²) < 4.78 is 17.5. The fourth-order valence-electron chi connectivity index (χ4n) is 2.83. The first-order chi connectivity index (χ1) is 11.9. The number of hydrogen-bond donors (Lipinski definition) is 0. The molecule has 0 bridgehead atoms. The maximum atomic E-state index is 12.4. The zero-order valence-corrected chi connectivity index (χ0v) is 15.2. The molecule has 0 amide bonds. The van der Waals surface area contributed by atoms with E-state index < -0.39 is 5.97 Å². The monoisotopic (exact) mass is 345 g/mol. The molecular weight excluding hydrogens is 322 g/mol. The van der Waals surface area contributed by atoms with Crippen molar-refractivity contribution in [3.63, 3.8) is 0 Å². The molecule has 0 N–H and O–H groups in total. The molecule has 2 aromatic rings. The number of ether oxygens (including phenoxy) is 3. The molecule has 1 heterocycles. The van der Waals surface area contributed by atoms with E-state index in [0.29, 0.717) is 22.6 Å². The lowest BCUT2D eigenvalue weighted by molar-refractivity contribution is 0.0474. The zero-order valence-electron chi connectivity index (χ0n) is 15.2. The van der Waals surface area contributed by atoms with E-state index in [1.165, 1.54) is 20.3 Å². The zero-order chi connectivity index (χ0) is 18.6. The molecule has 2 rings (SSSR count). The van der Waals surface area contributed by atoms with Crippen LogP contribution in [0.4, 0.5) is 0 Å². The van der Waals surface area contributed by atoms with Crippen molar-refractivity contribution in [3.8, 4) is 11.5 Å². The predicted molar refractivity (Wildman–Crippen MR) is 93.7 cm³/mol. The van der Waals surface area contributed by atoms with Gasteiger partial charge in [0.25, 0.3) is 0 Å². The topological polar surface area (TPSA) is 66.8 Å². The fraction of sp³-hybridized carbons (Fsp3) is 0.368. The van der Waals surface area contributed by atoms with Crippen LogP contribution < -0.4 is 9.47 Å². The second-order valence-corrected chi connectivity index (χ2v) is 5.60. The molecule has 6 heteroatoms. The number of nitrogens with zero attached hydrogens (tertiary/aromatic N) is 1. The number of aromatic nitrogens is 1. The van der Waals surface area contributed by atoms with Gasteiger partial charge in [-0.25, -0.2) is 4.79 Å². The van der Waals surface area contributed by atoms with Gasteiger partial charge in [-0.3, -0.25) is 4.79 Å². The van der Waals surface area contributed by atoms with Gasteiger partial charge in [-0.05, 0) is 45.0 Å². The molecule has 0 aliphatic carbocycles. The van der Waals surface area contributed by atoms with E-state index in [1.54, 1.807) is 12.1 Å². The lowest BCUT2D eigenvalue weighted by Crippen LogP contribution is -2.15. The van der Waals surface area contributed by atoms with E-state index in [4.69, 9.17) is 14.2 Å². The van der Waals surface area contributed by atoms with Crippen LogP contribution in [-0.4, -0.2) is 37.1 Å². The van der Waals surface area contributed by atoms with Gasteiger partial charge >= 0.3 is 5.97 Å². The number of ketones is 1. The average Bonchev–Trinajstić information content (AvgIpc) is 2.92. The number of methoxy groups -OCH3 is 2. The second-order valence-electron chi connectivity index (χ2n) is 5.60. The molecule has 0 fully saturated rings. The summed E-state index contributed by atoms with van der Waals surface area (Å²) in [6.07, 6.45) is 0. The summed E-state index contributed by atoms with van der Waals surface area (Å²) in [6.45, 7) is 6.34. The van der Waals surface area contributed by atoms with Gasteiger partial charge in [0.1, 0.15) is 0 Å². The molecule has 0 aliphatic heterocycles. The van der Waals surface area contributed by atoms with Gasteiger partial charge < -0.3 is 18.8 Å². The van der Waals surface area contributed by atoms with Gasteiger partial charge in [0.05, 0.1) is 19.8 Å². The minimum Gasteiger partial charge on any atom is -0.493 e. The van der Waals surface area contributed by atoms with Gasteiger partial charge in [0.2, 0.25) is 5.78 Å². The summed E-state index contributed by atoms with van der Waals surface area (Å²) in [5, 5.41) is 0. The number of rotatable bonds is 7. The van der Waals surface area contributed by atoms with Gasteiger partial charge in [-0.2, -0.15) is 0 Å². The normalized spacial score (nSPS) is 10.4. The van der Waals surface area contributed by atoms with Crippen LogP contribution in [0.3, 0.4) is 0 Å². The number of carbonyl (C=O) groups is 2. The molecule has 1 aromatic carbocycles. The highest BCUT2D eigenvalue weighted by Gasteiger charge is 2.18. The van der Waals surface area contributed by atoms with Crippen molar-refractivity contribution in [2.45, 2.75) is 27.3 Å². The van der Waals surface area contributed by atoms with Crippen LogP contribution in [0.2, 0.25) is 0 Å². The molecule has 0 unspecified atom stereocenters. The van der Waals surface area contributed by atoms with Crippen LogP contribution >= 0.6 is 0 Å². The van der Waals surface area contributed by atoms with Crippen LogP contribution in [0.15, 0.2) is 24.3 Å². The highest BCUT2D eigenvalue weighted by atomic mass is 16.5. The second kappa shape index (κ2) is 7.88. The standard InChI is InChI=1S/C19H23NO5/c1-6-20-12(2)9-15(13(20)3)16(21)11-25-19(22)14-7-8-17(23-4)18(10-14)24-5/h7-10H,6,11H2,1-5H3. The van der Waals surface area contributed by atoms with Crippen molar-refractivity contribution in [1.29, 1.82) is 0 Å². The van der Waals surface area contributed by atoms with E-state index in [1.807, 2.05) is 31.4 Å². The molecule has 0 saturated heterocycles. The Bertz CT molecular complexity index is 791. The minimum atomic E-state index is -0.585. The van der Waals surface area contributed by atoms with Crippen LogP contribution in [0, 0.1) is 13.8 Å². The summed E-state index contributed by atoms with van der Waals surface area (Å²) in [6, 6.07) is 6.53. The number of aryl methyl sites for hydroxylation is 1. The van der Waals surface area contributed by atoms with E-state index >= 15 is 0 Å². The Kier molecular flexibility index (Phi) is 5.85. The first kappa shape index (κ1) is 18.6. The molecule has 6 nitrogen and oxygen atoms in total. The van der Waals surface area contributed by atoms with Crippen molar-refractivity contribution in [3.05, 3.63) is 46.8 Å². The molecular formula is C19H23NO5. The van der Waals surface area contributed by atoms with Crippen molar-refractivity contribution in [2.75, 3.05) is 20.8 Å². The van der Waals surface area contributed by atoms with Crippen molar-refractivity contribution in [1.82, 2.24) is 4.57 Å². The van der Waals surface area contributed by atoms with E-state index in [-0.39, 0.29) is 12.4 Å². The molecule has 0 saturated carbocycles. The van der Waals surface area contributed by atoms with Gasteiger partial charge in [-0.15, -0.1) is 0 Å². The number of esters is 1. The van der Waals surface area contributed by atoms with Crippen LogP contribution in [0.1, 0.15) is 39.0 Å². The van der Waals surface area contributed by atoms with Crippen LogP contribution in [-0.2, 0) is 11.3 Å². The van der Waals surface area contributed by atoms with E-state index in [9.17, 15) is 9.59 Å². The smallest absolute Gasteiger partial charge is 0.338 e. The highest BCUT2D eigenvalue weighted by Crippen LogP contribution is 2.27. The highest BCUT2D eigenvalue weighted by molar-refractivity contribution is 6.00. The fourth-order valence-corrected chi connectivity index (χ4v) is 2.83. The van der Waals surface area contributed by atoms with Crippen molar-refractivity contribution in [2.24, 2.45) is 0 Å². The van der Waals surface area contributed by atoms with Crippen LogP contribution in [0.5, 0.6) is 11.5 Å². The molecule has 0 spiro atoms. The summed E-state index contributed by atoms with van der Waals surface area (Å²) in [7, 11) is 3.00. The third-order valence-electron chi connectivity index (χ3n) is 4.14. The van der Waals surface area contributed by atoms with Crippen LogP contribution in [0.25, 0.3) is 0 Å². The average molecular weight is 345 g/mol. The third kappa shape index (κ3) is 3.84. The Labute approximate surface area is 147 Å². The number of benzene rings is 1. The molecule has 25 heavy (non-hydrogen) atoms. The molecule has 134 valence electrons. The molecule has 0 atom stereocenters. The summed E-state index contributed by atoms with van der Waals surface area (Å²) in [5.41, 5.74) is 2.77. The molecule has 1 aromatic heterocycles. The lowest BCUT2D eigenvalue weighted by Gasteiger charge is -2.09. The number of carbonyl (C=O) groups excluding carboxylic acids is 2. The van der Waals surface area contributed by atoms with Gasteiger partial charge in [-0.1, -0.05) is 0 Å². The first-order valence-electron chi connectivity index (χ1n) is 8.02. The molecule has 0 radical (unpaired) electrons. The Balaban J connectivity index is 2.08. The van der Waals surface area contributed by atoms with Gasteiger partial charge in [0.15, 0.2) is 18.1 Å². The lowest BCUT2D eigenvalue weighted by atomic mass is 10.1. The summed E-state index contributed by atoms with van der Waals surface area (Å²) in [5.74, 6) is 0.136. The third-order valence-corrected chi connectivity index (χ3v) is 4.14. The van der Waals surface area contributed by atoms with E-state index in [0.717, 1.165) is 17.9 Å². The Morgan fingerprint density at radius 2 is 1.72 bits per heavy atom. The first-order valence-corrected chi connectivity index (χ1v) is 8.02. The van der Waals surface area contributed by atoms with Crippen molar-refractivity contribution >= 4 is 11.8 Å². The largest absolute Gasteiger partial charge is 0.493 e. The number of hydrogen-bond acceptors (Lipinski definition) is 5.